The first-order valence-electron chi connectivity index (χ1n) is 16.4. The Morgan fingerprint density at radius 1 is 1.11 bits per heavy atom. The van der Waals surface area contributed by atoms with Crippen LogP contribution in [0.2, 0.25) is 5.02 Å². The van der Waals surface area contributed by atoms with Crippen LogP contribution in [0.4, 0.5) is 4.39 Å². The van der Waals surface area contributed by atoms with Crippen molar-refractivity contribution in [3.63, 3.8) is 0 Å². The second-order valence-corrected chi connectivity index (χ2v) is 13.0. The first-order chi connectivity index (χ1) is 22.5. The van der Waals surface area contributed by atoms with E-state index < -0.39 is 36.1 Å². The lowest BCUT2D eigenvalue weighted by Crippen LogP contribution is -2.55. The number of benzene rings is 2. The van der Waals surface area contributed by atoms with Crippen molar-refractivity contribution in [3.8, 4) is 5.75 Å². The Morgan fingerprint density at radius 2 is 1.83 bits per heavy atom. The van der Waals surface area contributed by atoms with Gasteiger partial charge in [-0.05, 0) is 75.0 Å². The molecule has 1 aliphatic rings. The number of aliphatic hydroxyl groups is 2. The predicted molar refractivity (Wildman–Crippen MR) is 179 cm³/mol. The molecule has 0 unspecified atom stereocenters. The van der Waals surface area contributed by atoms with Gasteiger partial charge in [0.15, 0.2) is 0 Å². The highest BCUT2D eigenvalue weighted by Gasteiger charge is 2.34. The van der Waals surface area contributed by atoms with Crippen LogP contribution >= 0.6 is 11.6 Å². The molecule has 1 saturated heterocycles. The molecule has 2 aromatic carbocycles. The average Bonchev–Trinajstić information content (AvgIpc) is 3.04. The molecule has 12 heteroatoms. The van der Waals surface area contributed by atoms with Crippen LogP contribution in [-0.2, 0) is 14.3 Å². The van der Waals surface area contributed by atoms with Crippen LogP contribution in [-0.4, -0.2) is 128 Å². The maximum absolute atomic E-state index is 14.9. The molecule has 262 valence electrons. The minimum absolute atomic E-state index is 0.0816. The largest absolute Gasteiger partial charge is 0.494 e. The number of nitrogens with zero attached hydrogens (tertiary/aromatic N) is 3. The number of carbonyl (C=O) groups is 2. The highest BCUT2D eigenvalue weighted by Crippen LogP contribution is 2.21. The Morgan fingerprint density at radius 3 is 2.51 bits per heavy atom. The van der Waals surface area contributed by atoms with E-state index in [4.69, 9.17) is 25.8 Å². The first-order valence-corrected chi connectivity index (χ1v) is 16.7. The number of rotatable bonds is 11. The fourth-order valence-corrected chi connectivity index (χ4v) is 5.81. The second-order valence-electron chi connectivity index (χ2n) is 12.6. The van der Waals surface area contributed by atoms with Crippen LogP contribution in [0.15, 0.2) is 48.5 Å². The Kier molecular flexibility index (Phi) is 16.4. The van der Waals surface area contributed by atoms with E-state index in [-0.39, 0.29) is 43.6 Å². The lowest BCUT2D eigenvalue weighted by molar-refractivity contribution is -0.136. The molecule has 10 nitrogen and oxygen atoms in total. The zero-order valence-electron chi connectivity index (χ0n) is 28.0. The van der Waals surface area contributed by atoms with Gasteiger partial charge in [0.1, 0.15) is 29.9 Å². The predicted octanol–water partition coefficient (Wildman–Crippen LogP) is 4.11. The van der Waals surface area contributed by atoms with Crippen LogP contribution < -0.4 is 4.74 Å². The van der Waals surface area contributed by atoms with E-state index in [2.05, 4.69) is 13.8 Å². The van der Waals surface area contributed by atoms with Gasteiger partial charge < -0.3 is 34.2 Å². The van der Waals surface area contributed by atoms with Gasteiger partial charge in [-0.2, -0.15) is 0 Å². The Bertz CT molecular complexity index is 1240. The van der Waals surface area contributed by atoms with Gasteiger partial charge in [0.2, 0.25) is 5.91 Å². The lowest BCUT2D eigenvalue weighted by atomic mass is 9.99. The van der Waals surface area contributed by atoms with E-state index >= 15 is 0 Å². The number of likely N-dealkylation sites (N-methyl/N-ethyl adjacent to an activating group) is 1. The Balaban J connectivity index is 1.82. The smallest absolute Gasteiger partial charge is 0.256 e. The molecule has 47 heavy (non-hydrogen) atoms. The van der Waals surface area contributed by atoms with E-state index in [1.807, 2.05) is 29.0 Å². The van der Waals surface area contributed by atoms with Crippen LogP contribution in [0.25, 0.3) is 0 Å². The third-order valence-electron chi connectivity index (χ3n) is 8.20. The van der Waals surface area contributed by atoms with E-state index in [0.29, 0.717) is 57.0 Å². The zero-order chi connectivity index (χ0) is 34.3. The molecule has 1 fully saturated rings. The minimum atomic E-state index is -1.36. The highest BCUT2D eigenvalue weighted by atomic mass is 35.5. The summed E-state index contributed by atoms with van der Waals surface area (Å²) in [6.07, 6.45) is -1.04. The molecule has 1 aliphatic heterocycles. The Labute approximate surface area is 283 Å². The number of halogens is 2. The molecule has 0 aliphatic carbocycles. The van der Waals surface area contributed by atoms with Crippen LogP contribution in [0, 0.1) is 11.7 Å². The molecule has 4 atom stereocenters. The summed E-state index contributed by atoms with van der Waals surface area (Å²) in [5, 5.41) is 22.2. The summed E-state index contributed by atoms with van der Waals surface area (Å²) in [4.78, 5) is 33.1. The molecule has 0 spiro atoms. The Hall–Kier alpha value is -2.80. The third kappa shape index (κ3) is 12.6. The molecule has 0 saturated carbocycles. The number of aliphatic hydroxyl groups excluding tert-OH is 2. The van der Waals surface area contributed by atoms with Gasteiger partial charge in [0.05, 0.1) is 25.3 Å². The lowest BCUT2D eigenvalue weighted by Gasteiger charge is -2.39. The van der Waals surface area contributed by atoms with Crippen molar-refractivity contribution in [2.24, 2.45) is 5.92 Å². The standard InChI is InChI=1S/C35H51ClFN3O7/c1-25(2)20-27-21-39(35(44)29-10-5-6-11-30(29)37)22-32(45-4)34(43)31(41)24-46-18-8-7-17-40(27)33(42)23-38(3)16-9-19-47-28-14-12-26(36)13-15-28/h5-6,10-15,25,27,31-32,34,41,43H,7-9,16-24H2,1-4H3/t27-,31-,32-,34-/m1/s1. The van der Waals surface area contributed by atoms with Crippen molar-refractivity contribution in [2.75, 3.05) is 66.7 Å². The van der Waals surface area contributed by atoms with Crippen molar-refractivity contribution in [1.82, 2.24) is 14.7 Å². The molecular formula is C35H51ClFN3O7. The maximum Gasteiger partial charge on any atom is 0.256 e. The zero-order valence-corrected chi connectivity index (χ0v) is 28.8. The number of methoxy groups -OCH3 is 1. The molecule has 2 amide bonds. The highest BCUT2D eigenvalue weighted by molar-refractivity contribution is 6.30. The number of carbonyl (C=O) groups excluding carboxylic acids is 2. The molecule has 2 N–H and O–H groups in total. The van der Waals surface area contributed by atoms with E-state index in [1.165, 1.54) is 30.2 Å². The number of hydrogen-bond donors (Lipinski definition) is 2. The summed E-state index contributed by atoms with van der Waals surface area (Å²) in [6, 6.07) is 12.5. The molecule has 1 heterocycles. The summed E-state index contributed by atoms with van der Waals surface area (Å²) < 4.78 is 31.9. The normalized spacial score (nSPS) is 21.9. The van der Waals surface area contributed by atoms with E-state index in [9.17, 15) is 24.2 Å². The maximum atomic E-state index is 14.9. The minimum Gasteiger partial charge on any atom is -0.494 e. The number of amides is 2. The van der Waals surface area contributed by atoms with Gasteiger partial charge in [-0.15, -0.1) is 0 Å². The summed E-state index contributed by atoms with van der Waals surface area (Å²) in [5.74, 6) is -0.436. The quantitative estimate of drug-likeness (QED) is 0.342. The van der Waals surface area contributed by atoms with E-state index in [1.54, 1.807) is 18.2 Å². The van der Waals surface area contributed by atoms with Crippen LogP contribution in [0.3, 0.4) is 0 Å². The summed E-state index contributed by atoms with van der Waals surface area (Å²) in [6.45, 7) is 6.01. The molecule has 0 radical (unpaired) electrons. The van der Waals surface area contributed by atoms with Gasteiger partial charge >= 0.3 is 0 Å². The molecule has 3 rings (SSSR count). The van der Waals surface area contributed by atoms with Gasteiger partial charge in [0, 0.05) is 51.0 Å². The SMILES string of the molecule is CO[C@@H]1CN(C(=O)c2ccccc2F)C[C@@H](CC(C)C)N(C(=O)CN(C)CCCOc2ccc(Cl)cc2)CCCCOC[C@@H](O)[C@H]1O. The van der Waals surface area contributed by atoms with Gasteiger partial charge in [-0.25, -0.2) is 4.39 Å². The van der Waals surface area contributed by atoms with Crippen molar-refractivity contribution in [2.45, 2.75) is 63.9 Å². The number of hydrogen-bond acceptors (Lipinski definition) is 8. The number of ether oxygens (including phenoxy) is 3. The van der Waals surface area contributed by atoms with Gasteiger partial charge in [-0.3, -0.25) is 14.5 Å². The summed E-state index contributed by atoms with van der Waals surface area (Å²) in [7, 11) is 3.27. The van der Waals surface area contributed by atoms with Crippen LogP contribution in [0.1, 0.15) is 49.9 Å². The van der Waals surface area contributed by atoms with Crippen molar-refractivity contribution in [3.05, 3.63) is 64.9 Å². The fourth-order valence-electron chi connectivity index (χ4n) is 5.69. The molecule has 0 aromatic heterocycles. The topological polar surface area (TPSA) is 112 Å². The van der Waals surface area contributed by atoms with E-state index in [0.717, 1.165) is 5.75 Å². The molecule has 0 bridgehead atoms. The van der Waals surface area contributed by atoms with Crippen molar-refractivity contribution >= 4 is 23.4 Å². The van der Waals surface area contributed by atoms with Crippen molar-refractivity contribution < 1.29 is 38.4 Å². The first kappa shape index (κ1) is 38.6. The molecule has 2 aromatic rings. The van der Waals surface area contributed by atoms with Gasteiger partial charge in [0.25, 0.3) is 5.91 Å². The van der Waals surface area contributed by atoms with Gasteiger partial charge in [-0.1, -0.05) is 37.6 Å². The third-order valence-corrected chi connectivity index (χ3v) is 8.46. The molecular weight excluding hydrogens is 629 g/mol. The van der Waals surface area contributed by atoms with Crippen LogP contribution in [0.5, 0.6) is 5.75 Å². The average molecular weight is 680 g/mol. The summed E-state index contributed by atoms with van der Waals surface area (Å²) >= 11 is 5.95. The fraction of sp³-hybridized carbons (Fsp3) is 0.600. The van der Waals surface area contributed by atoms with Crippen molar-refractivity contribution in [1.29, 1.82) is 0 Å². The summed E-state index contributed by atoms with van der Waals surface area (Å²) in [5.41, 5.74) is -0.122. The second kappa shape index (κ2) is 19.9. The monoisotopic (exact) mass is 679 g/mol.